The Labute approximate surface area is 106 Å². The van der Waals surface area contributed by atoms with Gasteiger partial charge in [0.1, 0.15) is 0 Å². The van der Waals surface area contributed by atoms with Gasteiger partial charge in [-0.2, -0.15) is 0 Å². The fourth-order valence-corrected chi connectivity index (χ4v) is 2.11. The number of likely N-dealkylation sites (N-methyl/N-ethyl adjacent to an activating group) is 1. The number of anilines is 1. The molecule has 1 aromatic rings. The van der Waals surface area contributed by atoms with Gasteiger partial charge in [-0.3, -0.25) is 15.0 Å². The smallest absolute Gasteiger partial charge is 0.322 e. The van der Waals surface area contributed by atoms with Crippen LogP contribution in [0.2, 0.25) is 0 Å². The molecule has 0 atom stereocenters. The van der Waals surface area contributed by atoms with Crippen LogP contribution in [0.3, 0.4) is 0 Å². The molecule has 1 aliphatic rings. The maximum atomic E-state index is 11.8. The number of hydrogen-bond acceptors (Lipinski definition) is 6. The summed E-state index contributed by atoms with van der Waals surface area (Å²) in [7, 11) is 1.97. The van der Waals surface area contributed by atoms with Crippen LogP contribution in [0.15, 0.2) is 4.42 Å². The first-order valence-corrected chi connectivity index (χ1v) is 6.16. The van der Waals surface area contributed by atoms with Crippen molar-refractivity contribution in [3.63, 3.8) is 0 Å². The van der Waals surface area contributed by atoms with Gasteiger partial charge in [0.2, 0.25) is 11.8 Å². The summed E-state index contributed by atoms with van der Waals surface area (Å²) in [6.07, 6.45) is 2.15. The topological polar surface area (TPSA) is 83.3 Å². The van der Waals surface area contributed by atoms with E-state index in [1.165, 1.54) is 0 Å². The van der Waals surface area contributed by atoms with Gasteiger partial charge in [0.15, 0.2) is 0 Å². The lowest BCUT2D eigenvalue weighted by molar-refractivity contribution is -0.117. The molecule has 1 amide bonds. The lowest BCUT2D eigenvalue weighted by Crippen LogP contribution is -2.44. The van der Waals surface area contributed by atoms with Crippen LogP contribution in [-0.4, -0.2) is 53.7 Å². The number of piperidine rings is 1. The summed E-state index contributed by atoms with van der Waals surface area (Å²) in [4.78, 5) is 13.8. The molecule has 1 aromatic heterocycles. The van der Waals surface area contributed by atoms with Crippen LogP contribution in [0.1, 0.15) is 18.7 Å². The highest BCUT2D eigenvalue weighted by Gasteiger charge is 2.20. The lowest BCUT2D eigenvalue weighted by atomic mass is 10.1. The lowest BCUT2D eigenvalue weighted by Gasteiger charge is -2.30. The molecular formula is C11H19N5O2. The molecule has 100 valence electrons. The Morgan fingerprint density at radius 3 is 2.83 bits per heavy atom. The largest absolute Gasteiger partial charge is 0.408 e. The maximum absolute atomic E-state index is 11.8. The Bertz CT molecular complexity index is 400. The van der Waals surface area contributed by atoms with Crippen molar-refractivity contribution in [2.45, 2.75) is 25.8 Å². The van der Waals surface area contributed by atoms with Gasteiger partial charge in [0.25, 0.3) is 0 Å². The monoisotopic (exact) mass is 253 g/mol. The molecule has 18 heavy (non-hydrogen) atoms. The van der Waals surface area contributed by atoms with Crippen molar-refractivity contribution in [3.05, 3.63) is 5.89 Å². The second-order valence-electron chi connectivity index (χ2n) is 4.57. The third-order valence-corrected chi connectivity index (χ3v) is 3.10. The predicted octanol–water partition coefficient (Wildman–Crippen LogP) is 0.000320. The maximum Gasteiger partial charge on any atom is 0.322 e. The molecule has 0 spiro atoms. The Hall–Kier alpha value is -1.47. The number of amides is 1. The summed E-state index contributed by atoms with van der Waals surface area (Å²) < 4.78 is 5.10. The zero-order chi connectivity index (χ0) is 13.0. The first-order chi connectivity index (χ1) is 8.65. The predicted molar refractivity (Wildman–Crippen MR) is 66.2 cm³/mol. The van der Waals surface area contributed by atoms with Crippen molar-refractivity contribution < 1.29 is 9.21 Å². The molecule has 0 aliphatic carbocycles. The standard InChI is InChI=1S/C11H19N5O2/c1-8-14-15-11(18-8)13-10(17)7-16(2)9-3-5-12-6-4-9/h9,12H,3-7H2,1-2H3,(H,13,15,17). The van der Waals surface area contributed by atoms with Gasteiger partial charge in [0.05, 0.1) is 6.54 Å². The molecule has 0 saturated carbocycles. The minimum Gasteiger partial charge on any atom is -0.408 e. The van der Waals surface area contributed by atoms with Gasteiger partial charge in [-0.1, -0.05) is 5.10 Å². The fourth-order valence-electron chi connectivity index (χ4n) is 2.11. The summed E-state index contributed by atoms with van der Waals surface area (Å²) in [5, 5.41) is 13.3. The van der Waals surface area contributed by atoms with E-state index in [0.717, 1.165) is 25.9 Å². The van der Waals surface area contributed by atoms with Gasteiger partial charge in [0, 0.05) is 13.0 Å². The number of carbonyl (C=O) groups excluding carboxylic acids is 1. The molecule has 1 saturated heterocycles. The molecule has 7 heteroatoms. The van der Waals surface area contributed by atoms with E-state index in [0.29, 0.717) is 18.5 Å². The molecule has 0 radical (unpaired) electrons. The van der Waals surface area contributed by atoms with E-state index in [1.54, 1.807) is 6.92 Å². The van der Waals surface area contributed by atoms with Crippen LogP contribution in [0.25, 0.3) is 0 Å². The van der Waals surface area contributed by atoms with Crippen molar-refractivity contribution in [1.29, 1.82) is 0 Å². The van der Waals surface area contributed by atoms with E-state index in [2.05, 4.69) is 25.7 Å². The molecular weight excluding hydrogens is 234 g/mol. The summed E-state index contributed by atoms with van der Waals surface area (Å²) in [5.41, 5.74) is 0. The minimum atomic E-state index is -0.125. The second kappa shape index (κ2) is 5.92. The summed E-state index contributed by atoms with van der Waals surface area (Å²) in [6, 6.07) is 0.623. The van der Waals surface area contributed by atoms with Gasteiger partial charge in [-0.25, -0.2) is 0 Å². The average Bonchev–Trinajstić information content (AvgIpc) is 2.75. The first kappa shape index (κ1) is 13.0. The molecule has 0 bridgehead atoms. The summed E-state index contributed by atoms with van der Waals surface area (Å²) in [5.74, 6) is 0.316. The Kier molecular flexibility index (Phi) is 4.27. The Morgan fingerprint density at radius 2 is 2.22 bits per heavy atom. The number of carbonyl (C=O) groups is 1. The van der Waals surface area contributed by atoms with Crippen LogP contribution < -0.4 is 10.6 Å². The van der Waals surface area contributed by atoms with E-state index < -0.39 is 0 Å². The van der Waals surface area contributed by atoms with Crippen molar-refractivity contribution in [1.82, 2.24) is 20.4 Å². The first-order valence-electron chi connectivity index (χ1n) is 6.16. The van der Waals surface area contributed by atoms with Gasteiger partial charge >= 0.3 is 6.01 Å². The number of aromatic nitrogens is 2. The van der Waals surface area contributed by atoms with Gasteiger partial charge in [-0.05, 0) is 33.0 Å². The van der Waals surface area contributed by atoms with Crippen LogP contribution in [0, 0.1) is 6.92 Å². The van der Waals surface area contributed by atoms with Gasteiger partial charge in [-0.15, -0.1) is 5.10 Å². The highest BCUT2D eigenvalue weighted by molar-refractivity contribution is 5.90. The molecule has 1 fully saturated rings. The third-order valence-electron chi connectivity index (χ3n) is 3.10. The van der Waals surface area contributed by atoms with E-state index in [1.807, 2.05) is 7.05 Å². The van der Waals surface area contributed by atoms with E-state index >= 15 is 0 Å². The highest BCUT2D eigenvalue weighted by atomic mass is 16.4. The molecule has 1 aliphatic heterocycles. The molecule has 2 N–H and O–H groups in total. The summed E-state index contributed by atoms with van der Waals surface area (Å²) >= 11 is 0. The number of rotatable bonds is 4. The summed E-state index contributed by atoms with van der Waals surface area (Å²) in [6.45, 7) is 4.05. The van der Waals surface area contributed by atoms with Crippen molar-refractivity contribution >= 4 is 11.9 Å². The Balaban J connectivity index is 1.79. The van der Waals surface area contributed by atoms with Crippen molar-refractivity contribution in [2.75, 3.05) is 32.0 Å². The second-order valence-corrected chi connectivity index (χ2v) is 4.57. The number of nitrogens with one attached hydrogen (secondary N) is 2. The molecule has 0 aromatic carbocycles. The SMILES string of the molecule is Cc1nnc(NC(=O)CN(C)C2CCNCC2)o1. The fraction of sp³-hybridized carbons (Fsp3) is 0.727. The van der Waals surface area contributed by atoms with E-state index in [9.17, 15) is 4.79 Å². The number of aryl methyl sites for hydroxylation is 1. The molecule has 2 heterocycles. The number of hydrogen-bond donors (Lipinski definition) is 2. The van der Waals surface area contributed by atoms with Crippen molar-refractivity contribution in [2.24, 2.45) is 0 Å². The van der Waals surface area contributed by atoms with Crippen LogP contribution in [-0.2, 0) is 4.79 Å². The minimum absolute atomic E-state index is 0.125. The van der Waals surface area contributed by atoms with Crippen LogP contribution >= 0.6 is 0 Å². The van der Waals surface area contributed by atoms with Crippen LogP contribution in [0.4, 0.5) is 6.01 Å². The zero-order valence-electron chi connectivity index (χ0n) is 10.8. The molecule has 2 rings (SSSR count). The van der Waals surface area contributed by atoms with E-state index in [-0.39, 0.29) is 11.9 Å². The van der Waals surface area contributed by atoms with Crippen LogP contribution in [0.5, 0.6) is 0 Å². The zero-order valence-corrected chi connectivity index (χ0v) is 10.8. The Morgan fingerprint density at radius 1 is 1.50 bits per heavy atom. The van der Waals surface area contributed by atoms with Crippen molar-refractivity contribution in [3.8, 4) is 0 Å². The molecule has 7 nitrogen and oxygen atoms in total. The highest BCUT2D eigenvalue weighted by Crippen LogP contribution is 2.10. The average molecular weight is 253 g/mol. The number of nitrogens with zero attached hydrogens (tertiary/aromatic N) is 3. The molecule has 0 unspecified atom stereocenters. The van der Waals surface area contributed by atoms with E-state index in [4.69, 9.17) is 4.42 Å². The third kappa shape index (κ3) is 3.51. The normalized spacial score (nSPS) is 17.1. The van der Waals surface area contributed by atoms with Gasteiger partial charge < -0.3 is 9.73 Å². The quantitative estimate of drug-likeness (QED) is 0.786.